The number of carbonyl (C=O) groups excluding carboxylic acids is 2. The van der Waals surface area contributed by atoms with Gasteiger partial charge in [0.15, 0.2) is 6.10 Å². The molecular weight excluding hydrogens is 320 g/mol. The van der Waals surface area contributed by atoms with Crippen molar-refractivity contribution in [1.82, 2.24) is 0 Å². The first kappa shape index (κ1) is 15.6. The van der Waals surface area contributed by atoms with E-state index < -0.39 is 24.1 Å². The molecule has 19 heavy (non-hydrogen) atoms. The number of ether oxygens (including phenoxy) is 2. The molecular formula is C12H13BrO6. The Morgan fingerprint density at radius 3 is 2.32 bits per heavy atom. The Kier molecular flexibility index (Phi) is 5.46. The van der Waals surface area contributed by atoms with Crippen LogP contribution in [0.15, 0.2) is 22.7 Å². The van der Waals surface area contributed by atoms with Gasteiger partial charge in [-0.3, -0.25) is 0 Å². The van der Waals surface area contributed by atoms with Crippen LogP contribution in [0.2, 0.25) is 0 Å². The molecule has 104 valence electrons. The van der Waals surface area contributed by atoms with Crippen LogP contribution < -0.4 is 0 Å². The summed E-state index contributed by atoms with van der Waals surface area (Å²) in [5.74, 6) is -1.48. The number of aliphatic hydroxyl groups excluding tert-OH is 2. The van der Waals surface area contributed by atoms with Gasteiger partial charge in [0.25, 0.3) is 0 Å². The summed E-state index contributed by atoms with van der Waals surface area (Å²) in [6.07, 6.45) is -3.17. The Balaban J connectivity index is 3.02. The van der Waals surface area contributed by atoms with E-state index in [1.54, 1.807) is 0 Å². The van der Waals surface area contributed by atoms with Crippen molar-refractivity contribution in [3.63, 3.8) is 0 Å². The average molecular weight is 333 g/mol. The van der Waals surface area contributed by atoms with E-state index in [9.17, 15) is 19.8 Å². The third-order valence-electron chi connectivity index (χ3n) is 2.48. The lowest BCUT2D eigenvalue weighted by Crippen LogP contribution is -2.29. The van der Waals surface area contributed by atoms with Crippen molar-refractivity contribution in [1.29, 1.82) is 0 Å². The maximum Gasteiger partial charge on any atom is 0.337 e. The zero-order valence-corrected chi connectivity index (χ0v) is 11.9. The van der Waals surface area contributed by atoms with E-state index >= 15 is 0 Å². The number of halogens is 1. The minimum atomic E-state index is -1.70. The molecule has 0 saturated heterocycles. The highest BCUT2D eigenvalue weighted by Gasteiger charge is 2.28. The first-order valence-electron chi connectivity index (χ1n) is 5.24. The fraction of sp³-hybridized carbons (Fsp3) is 0.333. The molecule has 0 bridgehead atoms. The molecule has 2 unspecified atom stereocenters. The van der Waals surface area contributed by atoms with Crippen LogP contribution in [-0.4, -0.2) is 42.5 Å². The van der Waals surface area contributed by atoms with Crippen LogP contribution >= 0.6 is 15.9 Å². The summed E-state index contributed by atoms with van der Waals surface area (Å²) in [5, 5.41) is 19.4. The van der Waals surface area contributed by atoms with Crippen molar-refractivity contribution >= 4 is 27.9 Å². The molecule has 0 spiro atoms. The highest BCUT2D eigenvalue weighted by atomic mass is 79.9. The van der Waals surface area contributed by atoms with E-state index in [4.69, 9.17) is 0 Å². The molecule has 0 aromatic heterocycles. The number of esters is 2. The summed E-state index contributed by atoms with van der Waals surface area (Å²) in [7, 11) is 2.35. The van der Waals surface area contributed by atoms with Gasteiger partial charge in [0.05, 0.1) is 19.8 Å². The van der Waals surface area contributed by atoms with E-state index in [0.29, 0.717) is 4.47 Å². The summed E-state index contributed by atoms with van der Waals surface area (Å²) in [6, 6.07) is 4.25. The largest absolute Gasteiger partial charge is 0.467 e. The molecule has 1 rings (SSSR count). The van der Waals surface area contributed by atoms with Crippen LogP contribution in [0.1, 0.15) is 22.0 Å². The topological polar surface area (TPSA) is 93.1 Å². The molecule has 7 heteroatoms. The lowest BCUT2D eigenvalue weighted by Gasteiger charge is -2.17. The van der Waals surface area contributed by atoms with Crippen molar-refractivity contribution in [3.05, 3.63) is 33.8 Å². The smallest absolute Gasteiger partial charge is 0.337 e. The van der Waals surface area contributed by atoms with E-state index in [2.05, 4.69) is 25.4 Å². The lowest BCUT2D eigenvalue weighted by molar-refractivity contribution is -0.156. The van der Waals surface area contributed by atoms with Gasteiger partial charge in [-0.25, -0.2) is 9.59 Å². The highest BCUT2D eigenvalue weighted by Crippen LogP contribution is 2.27. The van der Waals surface area contributed by atoms with Gasteiger partial charge < -0.3 is 19.7 Å². The van der Waals surface area contributed by atoms with Gasteiger partial charge >= 0.3 is 11.9 Å². The van der Waals surface area contributed by atoms with Gasteiger partial charge in [0.1, 0.15) is 6.10 Å². The van der Waals surface area contributed by atoms with Crippen molar-refractivity contribution in [2.75, 3.05) is 14.2 Å². The molecule has 2 atom stereocenters. The summed E-state index contributed by atoms with van der Waals surface area (Å²) < 4.78 is 9.25. The summed E-state index contributed by atoms with van der Waals surface area (Å²) in [4.78, 5) is 22.4. The second-order valence-electron chi connectivity index (χ2n) is 3.64. The number of aliphatic hydroxyl groups is 2. The van der Waals surface area contributed by atoms with E-state index in [1.165, 1.54) is 25.3 Å². The molecule has 0 saturated carbocycles. The van der Waals surface area contributed by atoms with Crippen LogP contribution in [0.25, 0.3) is 0 Å². The zero-order chi connectivity index (χ0) is 14.6. The van der Waals surface area contributed by atoms with Crippen molar-refractivity contribution < 1.29 is 29.3 Å². The van der Waals surface area contributed by atoms with Crippen molar-refractivity contribution in [3.8, 4) is 0 Å². The molecule has 1 aromatic carbocycles. The number of rotatable bonds is 4. The molecule has 0 aliphatic carbocycles. The third kappa shape index (κ3) is 3.52. The molecule has 2 N–H and O–H groups in total. The standard InChI is InChI=1S/C12H13BrO6/c1-18-11(16)6-3-4-7(8(13)5-6)9(14)10(15)12(17)19-2/h3-5,9-10,14-15H,1-2H3. The fourth-order valence-electron chi connectivity index (χ4n) is 1.43. The predicted molar refractivity (Wildman–Crippen MR) is 68.5 cm³/mol. The predicted octanol–water partition coefficient (Wildman–Crippen LogP) is 0.803. The SMILES string of the molecule is COC(=O)c1ccc(C(O)C(O)C(=O)OC)c(Br)c1. The second-order valence-corrected chi connectivity index (χ2v) is 4.50. The second kappa shape index (κ2) is 6.65. The highest BCUT2D eigenvalue weighted by molar-refractivity contribution is 9.10. The summed E-state index contributed by atoms with van der Waals surface area (Å²) in [6.45, 7) is 0. The average Bonchev–Trinajstić information content (AvgIpc) is 2.43. The van der Waals surface area contributed by atoms with Gasteiger partial charge in [-0.1, -0.05) is 22.0 Å². The fourth-order valence-corrected chi connectivity index (χ4v) is 2.04. The molecule has 0 heterocycles. The Morgan fingerprint density at radius 2 is 1.84 bits per heavy atom. The van der Waals surface area contributed by atoms with Crippen LogP contribution in [0, 0.1) is 0 Å². The zero-order valence-electron chi connectivity index (χ0n) is 10.3. The monoisotopic (exact) mass is 332 g/mol. The van der Waals surface area contributed by atoms with Crippen LogP contribution in [0.5, 0.6) is 0 Å². The van der Waals surface area contributed by atoms with E-state index in [1.807, 2.05) is 0 Å². The Hall–Kier alpha value is -1.44. The number of methoxy groups -OCH3 is 2. The summed E-state index contributed by atoms with van der Waals surface area (Å²) >= 11 is 3.15. The first-order chi connectivity index (χ1) is 8.92. The number of benzene rings is 1. The van der Waals surface area contributed by atoms with Crippen LogP contribution in [-0.2, 0) is 14.3 Å². The maximum atomic E-state index is 11.3. The molecule has 0 fully saturated rings. The molecule has 0 aliphatic heterocycles. The molecule has 0 amide bonds. The minimum Gasteiger partial charge on any atom is -0.467 e. The van der Waals surface area contributed by atoms with E-state index in [-0.39, 0.29) is 11.1 Å². The lowest BCUT2D eigenvalue weighted by atomic mass is 10.0. The summed E-state index contributed by atoms with van der Waals surface area (Å²) in [5.41, 5.74) is 0.531. The van der Waals surface area contributed by atoms with Gasteiger partial charge in [-0.05, 0) is 17.7 Å². The molecule has 0 radical (unpaired) electrons. The van der Waals surface area contributed by atoms with Crippen LogP contribution in [0.3, 0.4) is 0 Å². The first-order valence-corrected chi connectivity index (χ1v) is 6.03. The Bertz CT molecular complexity index is 487. The number of hydrogen-bond donors (Lipinski definition) is 2. The molecule has 0 aliphatic rings. The van der Waals surface area contributed by atoms with Gasteiger partial charge in [-0.2, -0.15) is 0 Å². The normalized spacial score (nSPS) is 13.5. The molecule has 1 aromatic rings. The minimum absolute atomic E-state index is 0.255. The van der Waals surface area contributed by atoms with Gasteiger partial charge in [0, 0.05) is 4.47 Å². The number of hydrogen-bond acceptors (Lipinski definition) is 6. The van der Waals surface area contributed by atoms with Gasteiger partial charge in [0.2, 0.25) is 0 Å². The molecule has 6 nitrogen and oxygen atoms in total. The van der Waals surface area contributed by atoms with E-state index in [0.717, 1.165) is 7.11 Å². The Morgan fingerprint density at radius 1 is 1.21 bits per heavy atom. The third-order valence-corrected chi connectivity index (χ3v) is 3.17. The van der Waals surface area contributed by atoms with Crippen molar-refractivity contribution in [2.45, 2.75) is 12.2 Å². The maximum absolute atomic E-state index is 11.3. The van der Waals surface area contributed by atoms with Crippen molar-refractivity contribution in [2.24, 2.45) is 0 Å². The quantitative estimate of drug-likeness (QED) is 0.792. The Labute approximate surface area is 118 Å². The number of carbonyl (C=O) groups is 2. The van der Waals surface area contributed by atoms with Crippen LogP contribution in [0.4, 0.5) is 0 Å². The van der Waals surface area contributed by atoms with Gasteiger partial charge in [-0.15, -0.1) is 0 Å².